The molecule has 0 spiro atoms. The third kappa shape index (κ3) is 3.41. The Morgan fingerprint density at radius 1 is 1.35 bits per heavy atom. The summed E-state index contributed by atoms with van der Waals surface area (Å²) in [6.45, 7) is 4.14. The number of carbonyl (C=O) groups is 1. The van der Waals surface area contributed by atoms with Crippen molar-refractivity contribution < 1.29 is 4.79 Å². The van der Waals surface area contributed by atoms with E-state index < -0.39 is 0 Å². The molecule has 0 radical (unpaired) electrons. The van der Waals surface area contributed by atoms with Crippen LogP contribution in [-0.2, 0) is 0 Å². The number of nitrogens with one attached hydrogen (secondary N) is 2. The van der Waals surface area contributed by atoms with Crippen molar-refractivity contribution in [2.75, 3.05) is 12.4 Å². The molecular formula is C15H17BrN2OS. The Hall–Kier alpha value is -1.33. The summed E-state index contributed by atoms with van der Waals surface area (Å²) in [5.74, 6) is -0.0603. The van der Waals surface area contributed by atoms with Gasteiger partial charge in [0.15, 0.2) is 0 Å². The number of carbonyl (C=O) groups excluding carboxylic acids is 1. The number of anilines is 1. The molecule has 0 saturated heterocycles. The maximum absolute atomic E-state index is 11.6. The summed E-state index contributed by atoms with van der Waals surface area (Å²) < 4.78 is 1.11. The molecule has 0 aliphatic carbocycles. The van der Waals surface area contributed by atoms with Gasteiger partial charge in [-0.05, 0) is 59.6 Å². The molecule has 20 heavy (non-hydrogen) atoms. The van der Waals surface area contributed by atoms with Crippen molar-refractivity contribution in [2.24, 2.45) is 0 Å². The fraction of sp³-hybridized carbons (Fsp3) is 0.267. The van der Waals surface area contributed by atoms with Gasteiger partial charge >= 0.3 is 0 Å². The Kier molecular flexibility index (Phi) is 4.83. The predicted octanol–water partition coefficient (Wildman–Crippen LogP) is 4.35. The zero-order valence-electron chi connectivity index (χ0n) is 11.7. The summed E-state index contributed by atoms with van der Waals surface area (Å²) in [6, 6.07) is 8.05. The zero-order valence-corrected chi connectivity index (χ0v) is 14.1. The lowest BCUT2D eigenvalue weighted by Crippen LogP contribution is -2.18. The van der Waals surface area contributed by atoms with E-state index in [0.717, 1.165) is 15.7 Å². The van der Waals surface area contributed by atoms with Crippen molar-refractivity contribution >= 4 is 38.9 Å². The SMILES string of the molecule is CNC(=O)c1ccc(NC(C)c2cc(Br)cs2)c(C)c1. The summed E-state index contributed by atoms with van der Waals surface area (Å²) >= 11 is 5.19. The van der Waals surface area contributed by atoms with Gasteiger partial charge in [0, 0.05) is 33.0 Å². The molecule has 0 saturated carbocycles. The fourth-order valence-corrected chi connectivity index (χ4v) is 3.42. The van der Waals surface area contributed by atoms with E-state index in [2.05, 4.69) is 44.9 Å². The Morgan fingerprint density at radius 2 is 2.10 bits per heavy atom. The number of thiophene rings is 1. The highest BCUT2D eigenvalue weighted by Crippen LogP contribution is 2.29. The van der Waals surface area contributed by atoms with Crippen LogP contribution in [-0.4, -0.2) is 13.0 Å². The Morgan fingerprint density at radius 3 is 2.65 bits per heavy atom. The first-order chi connectivity index (χ1) is 9.51. The van der Waals surface area contributed by atoms with Crippen molar-refractivity contribution in [1.29, 1.82) is 0 Å². The quantitative estimate of drug-likeness (QED) is 0.858. The molecule has 1 aromatic carbocycles. The molecule has 1 atom stereocenters. The van der Waals surface area contributed by atoms with E-state index in [4.69, 9.17) is 0 Å². The molecule has 5 heteroatoms. The van der Waals surface area contributed by atoms with Crippen LogP contribution in [0.1, 0.15) is 33.8 Å². The molecule has 1 heterocycles. The minimum atomic E-state index is -0.0603. The molecule has 2 aromatic rings. The number of amides is 1. The average molecular weight is 353 g/mol. The highest BCUT2D eigenvalue weighted by atomic mass is 79.9. The van der Waals surface area contributed by atoms with Crippen LogP contribution in [0.2, 0.25) is 0 Å². The predicted molar refractivity (Wildman–Crippen MR) is 88.6 cm³/mol. The first-order valence-corrected chi connectivity index (χ1v) is 8.01. The number of hydrogen-bond donors (Lipinski definition) is 2. The van der Waals surface area contributed by atoms with Gasteiger partial charge in [-0.25, -0.2) is 0 Å². The van der Waals surface area contributed by atoms with Crippen molar-refractivity contribution in [2.45, 2.75) is 19.9 Å². The second-order valence-corrected chi connectivity index (χ2v) is 6.50. The van der Waals surface area contributed by atoms with Gasteiger partial charge in [0.25, 0.3) is 5.91 Å². The van der Waals surface area contributed by atoms with E-state index in [-0.39, 0.29) is 11.9 Å². The molecule has 0 aliphatic heterocycles. The number of halogens is 1. The van der Waals surface area contributed by atoms with Gasteiger partial charge in [0.2, 0.25) is 0 Å². The lowest BCUT2D eigenvalue weighted by atomic mass is 10.1. The molecule has 2 N–H and O–H groups in total. The summed E-state index contributed by atoms with van der Waals surface area (Å²) in [5.41, 5.74) is 2.80. The summed E-state index contributed by atoms with van der Waals surface area (Å²) in [7, 11) is 1.64. The van der Waals surface area contributed by atoms with Crippen LogP contribution in [0.4, 0.5) is 5.69 Å². The van der Waals surface area contributed by atoms with Crippen molar-refractivity contribution in [3.05, 3.63) is 50.1 Å². The largest absolute Gasteiger partial charge is 0.377 e. The normalized spacial score (nSPS) is 12.0. The van der Waals surface area contributed by atoms with E-state index in [1.54, 1.807) is 18.4 Å². The lowest BCUT2D eigenvalue weighted by Gasteiger charge is -2.16. The van der Waals surface area contributed by atoms with Crippen LogP contribution in [0.3, 0.4) is 0 Å². The summed E-state index contributed by atoms with van der Waals surface area (Å²) in [6.07, 6.45) is 0. The van der Waals surface area contributed by atoms with Crippen LogP contribution in [0.5, 0.6) is 0 Å². The van der Waals surface area contributed by atoms with Gasteiger partial charge in [-0.3, -0.25) is 4.79 Å². The number of hydrogen-bond acceptors (Lipinski definition) is 3. The standard InChI is InChI=1S/C15H17BrN2OS/c1-9-6-11(15(19)17-3)4-5-13(9)18-10(2)14-7-12(16)8-20-14/h4-8,10,18H,1-3H3,(H,17,19). The molecule has 2 rings (SSSR count). The van der Waals surface area contributed by atoms with Crippen molar-refractivity contribution in [1.82, 2.24) is 5.32 Å². The molecule has 106 valence electrons. The Balaban J connectivity index is 2.15. The zero-order chi connectivity index (χ0) is 14.7. The average Bonchev–Trinajstić information content (AvgIpc) is 2.86. The lowest BCUT2D eigenvalue weighted by molar-refractivity contribution is 0.0963. The molecular weight excluding hydrogens is 336 g/mol. The first kappa shape index (κ1) is 15.1. The molecule has 0 aliphatic rings. The highest BCUT2D eigenvalue weighted by molar-refractivity contribution is 9.10. The maximum Gasteiger partial charge on any atom is 0.251 e. The molecule has 0 bridgehead atoms. The maximum atomic E-state index is 11.6. The third-order valence-electron chi connectivity index (χ3n) is 3.10. The summed E-state index contributed by atoms with van der Waals surface area (Å²) in [5, 5.41) is 8.19. The van der Waals surface area contributed by atoms with Crippen LogP contribution in [0.25, 0.3) is 0 Å². The number of rotatable bonds is 4. The van der Waals surface area contributed by atoms with E-state index in [0.29, 0.717) is 5.56 Å². The smallest absolute Gasteiger partial charge is 0.251 e. The second kappa shape index (κ2) is 6.41. The van der Waals surface area contributed by atoms with Gasteiger partial charge in [0.1, 0.15) is 0 Å². The molecule has 1 amide bonds. The van der Waals surface area contributed by atoms with E-state index in [9.17, 15) is 4.79 Å². The van der Waals surface area contributed by atoms with E-state index >= 15 is 0 Å². The Bertz CT molecular complexity index is 624. The minimum Gasteiger partial charge on any atom is -0.377 e. The third-order valence-corrected chi connectivity index (χ3v) is 4.98. The highest BCUT2D eigenvalue weighted by Gasteiger charge is 2.11. The van der Waals surface area contributed by atoms with Crippen LogP contribution >= 0.6 is 27.3 Å². The van der Waals surface area contributed by atoms with Crippen LogP contribution in [0.15, 0.2) is 34.1 Å². The van der Waals surface area contributed by atoms with Gasteiger partial charge in [0.05, 0.1) is 6.04 Å². The molecule has 1 unspecified atom stereocenters. The van der Waals surface area contributed by atoms with Gasteiger partial charge in [-0.2, -0.15) is 0 Å². The van der Waals surface area contributed by atoms with Crippen molar-refractivity contribution in [3.8, 4) is 0 Å². The topological polar surface area (TPSA) is 41.1 Å². The Labute approximate surface area is 131 Å². The molecule has 0 fully saturated rings. The van der Waals surface area contributed by atoms with E-state index in [1.807, 2.05) is 25.1 Å². The van der Waals surface area contributed by atoms with Crippen molar-refractivity contribution in [3.63, 3.8) is 0 Å². The number of aryl methyl sites for hydroxylation is 1. The van der Waals surface area contributed by atoms with Gasteiger partial charge in [-0.1, -0.05) is 0 Å². The number of benzene rings is 1. The minimum absolute atomic E-state index is 0.0603. The molecule has 1 aromatic heterocycles. The monoisotopic (exact) mass is 352 g/mol. The second-order valence-electron chi connectivity index (χ2n) is 4.64. The van der Waals surface area contributed by atoms with Gasteiger partial charge in [-0.15, -0.1) is 11.3 Å². The van der Waals surface area contributed by atoms with Gasteiger partial charge < -0.3 is 10.6 Å². The summed E-state index contributed by atoms with van der Waals surface area (Å²) in [4.78, 5) is 12.9. The first-order valence-electron chi connectivity index (χ1n) is 6.34. The molecule has 3 nitrogen and oxygen atoms in total. The van der Waals surface area contributed by atoms with Crippen LogP contribution in [0, 0.1) is 6.92 Å². The van der Waals surface area contributed by atoms with E-state index in [1.165, 1.54) is 4.88 Å². The fourth-order valence-electron chi connectivity index (χ4n) is 1.97. The van der Waals surface area contributed by atoms with Crippen LogP contribution < -0.4 is 10.6 Å².